The summed E-state index contributed by atoms with van der Waals surface area (Å²) < 4.78 is 28.9. The molecule has 0 atom stereocenters. The molecule has 0 radical (unpaired) electrons. The second kappa shape index (κ2) is 12.5. The molecule has 2 aliphatic heterocycles. The highest BCUT2D eigenvalue weighted by Gasteiger charge is 2.46. The van der Waals surface area contributed by atoms with Gasteiger partial charge in [0.25, 0.3) is 11.8 Å². The third-order valence-electron chi connectivity index (χ3n) is 7.33. The molecular formula is C31H34N4O4S. The van der Waals surface area contributed by atoms with Crippen LogP contribution in [0.25, 0.3) is 0 Å². The number of carbonyl (C=O) groups excluding carboxylic acids is 2. The molecule has 0 aliphatic carbocycles. The van der Waals surface area contributed by atoms with Gasteiger partial charge < -0.3 is 4.90 Å². The summed E-state index contributed by atoms with van der Waals surface area (Å²) in [6, 6.07) is 29.1. The van der Waals surface area contributed by atoms with Gasteiger partial charge in [0.05, 0.1) is 0 Å². The molecule has 2 aliphatic rings. The largest absolute Gasteiger partial charge is 0.374 e. The molecule has 9 heteroatoms. The van der Waals surface area contributed by atoms with Crippen molar-refractivity contribution >= 4 is 22.0 Å². The van der Waals surface area contributed by atoms with Gasteiger partial charge >= 0.3 is 10.2 Å². The maximum atomic E-state index is 13.6. The van der Waals surface area contributed by atoms with Crippen molar-refractivity contribution in [1.82, 2.24) is 18.4 Å². The van der Waals surface area contributed by atoms with Crippen LogP contribution in [0.5, 0.6) is 0 Å². The number of piperazine rings is 1. The Labute approximate surface area is 236 Å². The standard InChI is InChI=1S/C31H34N4O4S/c36-30-29(25-33-22-20-32(21-23-33)24-28-14-8-3-9-15-28)31(37)35(19-17-27-12-6-2-7-13-27)40(38,39)34(30)18-16-26-10-4-1-5-11-26/h1-15,25H,16-24H2. The molecular weight excluding hydrogens is 524 g/mol. The number of hydrogen-bond donors (Lipinski definition) is 0. The molecule has 208 valence electrons. The molecule has 2 amide bonds. The first kappa shape index (κ1) is 27.6. The first-order valence-electron chi connectivity index (χ1n) is 13.6. The van der Waals surface area contributed by atoms with Crippen LogP contribution < -0.4 is 0 Å². The van der Waals surface area contributed by atoms with Crippen LogP contribution in [0.2, 0.25) is 0 Å². The quantitative estimate of drug-likeness (QED) is 0.297. The van der Waals surface area contributed by atoms with E-state index in [1.54, 1.807) is 6.20 Å². The molecule has 40 heavy (non-hydrogen) atoms. The second-order valence-corrected chi connectivity index (χ2v) is 11.9. The van der Waals surface area contributed by atoms with E-state index in [2.05, 4.69) is 17.0 Å². The summed E-state index contributed by atoms with van der Waals surface area (Å²) in [5.41, 5.74) is 2.96. The minimum absolute atomic E-state index is 0.0392. The monoisotopic (exact) mass is 558 g/mol. The van der Waals surface area contributed by atoms with Crippen molar-refractivity contribution in [1.29, 1.82) is 0 Å². The minimum Gasteiger partial charge on any atom is -0.374 e. The van der Waals surface area contributed by atoms with E-state index in [0.29, 0.717) is 25.9 Å². The van der Waals surface area contributed by atoms with Gasteiger partial charge in [-0.25, -0.2) is 8.61 Å². The van der Waals surface area contributed by atoms with Crippen LogP contribution in [-0.4, -0.2) is 77.9 Å². The van der Waals surface area contributed by atoms with Gasteiger partial charge in [-0.05, 0) is 29.5 Å². The van der Waals surface area contributed by atoms with Gasteiger partial charge in [0.2, 0.25) is 0 Å². The zero-order valence-electron chi connectivity index (χ0n) is 22.4. The van der Waals surface area contributed by atoms with Gasteiger partial charge in [-0.1, -0.05) is 91.0 Å². The van der Waals surface area contributed by atoms with Crippen LogP contribution >= 0.6 is 0 Å². The highest BCUT2D eigenvalue weighted by atomic mass is 32.2. The fourth-order valence-electron chi connectivity index (χ4n) is 5.06. The lowest BCUT2D eigenvalue weighted by Crippen LogP contribution is -2.57. The SMILES string of the molecule is O=C1C(=CN2CCN(Cc3ccccc3)CC2)C(=O)N(CCc2ccccc2)S(=O)(=O)N1CCc1ccccc1. The molecule has 3 aromatic rings. The zero-order chi connectivity index (χ0) is 28.0. The van der Waals surface area contributed by atoms with Crippen molar-refractivity contribution < 1.29 is 18.0 Å². The number of carbonyl (C=O) groups is 2. The summed E-state index contributed by atoms with van der Waals surface area (Å²) in [7, 11) is -4.32. The van der Waals surface area contributed by atoms with E-state index in [-0.39, 0.29) is 18.7 Å². The lowest BCUT2D eigenvalue weighted by Gasteiger charge is -2.37. The average Bonchev–Trinajstić information content (AvgIpc) is 2.97. The topological polar surface area (TPSA) is 81.2 Å². The molecule has 0 unspecified atom stereocenters. The van der Waals surface area contributed by atoms with E-state index in [9.17, 15) is 18.0 Å². The van der Waals surface area contributed by atoms with E-state index in [0.717, 1.165) is 39.4 Å². The fraction of sp³-hybridized carbons (Fsp3) is 0.290. The first-order valence-corrected chi connectivity index (χ1v) is 15.0. The molecule has 0 spiro atoms. The average molecular weight is 559 g/mol. The predicted octanol–water partition coefficient (Wildman–Crippen LogP) is 3.09. The zero-order valence-corrected chi connectivity index (χ0v) is 23.2. The number of amides is 2. The normalized spacial score (nSPS) is 17.8. The van der Waals surface area contributed by atoms with Crippen molar-refractivity contribution in [3.05, 3.63) is 119 Å². The van der Waals surface area contributed by atoms with Gasteiger partial charge in [0, 0.05) is 52.0 Å². The Balaban J connectivity index is 1.34. The summed E-state index contributed by atoms with van der Waals surface area (Å²) in [5, 5.41) is 0. The Morgan fingerprint density at radius 3 is 1.48 bits per heavy atom. The lowest BCUT2D eigenvalue weighted by atomic mass is 10.1. The van der Waals surface area contributed by atoms with Crippen molar-refractivity contribution in [3.8, 4) is 0 Å². The van der Waals surface area contributed by atoms with Crippen LogP contribution in [0.4, 0.5) is 0 Å². The number of rotatable bonds is 9. The minimum atomic E-state index is -4.32. The molecule has 2 heterocycles. The van der Waals surface area contributed by atoms with Gasteiger partial charge in [-0.2, -0.15) is 8.42 Å². The van der Waals surface area contributed by atoms with Gasteiger partial charge in [-0.15, -0.1) is 0 Å². The molecule has 8 nitrogen and oxygen atoms in total. The number of benzene rings is 3. The van der Waals surface area contributed by atoms with E-state index in [1.807, 2.05) is 83.8 Å². The van der Waals surface area contributed by atoms with Crippen LogP contribution in [-0.2, 0) is 39.2 Å². The van der Waals surface area contributed by atoms with Crippen LogP contribution in [0.3, 0.4) is 0 Å². The fourth-order valence-corrected chi connectivity index (χ4v) is 6.56. The van der Waals surface area contributed by atoms with Crippen molar-refractivity contribution in [3.63, 3.8) is 0 Å². The molecule has 0 saturated carbocycles. The van der Waals surface area contributed by atoms with E-state index >= 15 is 0 Å². The maximum Gasteiger partial charge on any atom is 0.331 e. The Morgan fingerprint density at radius 1 is 0.600 bits per heavy atom. The summed E-state index contributed by atoms with van der Waals surface area (Å²) in [6.45, 7) is 3.58. The third kappa shape index (κ3) is 6.43. The predicted molar refractivity (Wildman–Crippen MR) is 154 cm³/mol. The lowest BCUT2D eigenvalue weighted by molar-refractivity contribution is -0.132. The Kier molecular flexibility index (Phi) is 8.62. The molecule has 0 aromatic heterocycles. The van der Waals surface area contributed by atoms with E-state index in [4.69, 9.17) is 0 Å². The Morgan fingerprint density at radius 2 is 1.02 bits per heavy atom. The molecule has 2 saturated heterocycles. The molecule has 0 bridgehead atoms. The van der Waals surface area contributed by atoms with Crippen LogP contribution in [0.1, 0.15) is 16.7 Å². The van der Waals surface area contributed by atoms with E-state index < -0.39 is 22.0 Å². The third-order valence-corrected chi connectivity index (χ3v) is 9.14. The van der Waals surface area contributed by atoms with E-state index in [1.165, 1.54) is 5.56 Å². The molecule has 0 N–H and O–H groups in total. The summed E-state index contributed by atoms with van der Waals surface area (Å²) in [4.78, 5) is 31.4. The van der Waals surface area contributed by atoms with Gasteiger partial charge in [0.1, 0.15) is 5.57 Å². The van der Waals surface area contributed by atoms with Crippen molar-refractivity contribution in [2.75, 3.05) is 39.3 Å². The highest BCUT2D eigenvalue weighted by molar-refractivity contribution is 7.88. The summed E-state index contributed by atoms with van der Waals surface area (Å²) in [5.74, 6) is -1.52. The number of nitrogens with zero attached hydrogens (tertiary/aromatic N) is 4. The molecule has 3 aromatic carbocycles. The Bertz CT molecular complexity index is 1370. The summed E-state index contributed by atoms with van der Waals surface area (Å²) >= 11 is 0. The maximum absolute atomic E-state index is 13.6. The van der Waals surface area contributed by atoms with Gasteiger partial charge in [0.15, 0.2) is 0 Å². The molecule has 2 fully saturated rings. The smallest absolute Gasteiger partial charge is 0.331 e. The summed E-state index contributed by atoms with van der Waals surface area (Å²) in [6.07, 6.45) is 2.29. The molecule has 5 rings (SSSR count). The van der Waals surface area contributed by atoms with Crippen molar-refractivity contribution in [2.45, 2.75) is 19.4 Å². The second-order valence-electron chi connectivity index (χ2n) is 10.1. The van der Waals surface area contributed by atoms with Crippen molar-refractivity contribution in [2.24, 2.45) is 0 Å². The first-order chi connectivity index (χ1) is 19.4. The number of hydrogen-bond acceptors (Lipinski definition) is 6. The van der Waals surface area contributed by atoms with Crippen LogP contribution in [0.15, 0.2) is 103 Å². The van der Waals surface area contributed by atoms with Crippen LogP contribution in [0, 0.1) is 0 Å². The highest BCUT2D eigenvalue weighted by Crippen LogP contribution is 2.25. The Hall–Kier alpha value is -3.95. The van der Waals surface area contributed by atoms with Gasteiger partial charge in [-0.3, -0.25) is 14.5 Å².